The van der Waals surface area contributed by atoms with Crippen molar-refractivity contribution in [1.29, 1.82) is 0 Å². The van der Waals surface area contributed by atoms with E-state index in [0.29, 0.717) is 18.2 Å². The monoisotopic (exact) mass is 447 g/mol. The van der Waals surface area contributed by atoms with Crippen LogP contribution in [0.3, 0.4) is 0 Å². The Hall–Kier alpha value is -4.09. The summed E-state index contributed by atoms with van der Waals surface area (Å²) in [6.45, 7) is 1.03. The van der Waals surface area contributed by atoms with Gasteiger partial charge in [-0.1, -0.05) is 6.92 Å². The lowest BCUT2D eigenvalue weighted by molar-refractivity contribution is -0.161. The molecule has 0 unspecified atom stereocenters. The Morgan fingerprint density at radius 3 is 2.59 bits per heavy atom. The number of ether oxygens (including phenoxy) is 1. The molecule has 9 nitrogen and oxygen atoms in total. The molecule has 3 aromatic rings. The van der Waals surface area contributed by atoms with Gasteiger partial charge in [0.2, 0.25) is 0 Å². The topological polar surface area (TPSA) is 120 Å². The quantitative estimate of drug-likeness (QED) is 0.413. The number of carboxylic acid groups (broad SMARTS) is 1. The van der Waals surface area contributed by atoms with Crippen molar-refractivity contribution in [1.82, 2.24) is 24.7 Å². The summed E-state index contributed by atoms with van der Waals surface area (Å²) in [6.07, 6.45) is 5.50. The SMILES string of the molecule is C[C@H](c1ncncc1F)[C@@](Cn1cncn1)(OC(=O)/C=C/C(=O)O)c1ccc(F)cc1F. The lowest BCUT2D eigenvalue weighted by Gasteiger charge is -2.38. The average Bonchev–Trinajstić information content (AvgIpc) is 3.24. The Morgan fingerprint density at radius 2 is 1.97 bits per heavy atom. The van der Waals surface area contributed by atoms with Crippen LogP contribution in [0.15, 0.2) is 55.5 Å². The number of carbonyl (C=O) groups excluding carboxylic acids is 1. The van der Waals surface area contributed by atoms with Crippen molar-refractivity contribution in [2.24, 2.45) is 0 Å². The lowest BCUT2D eigenvalue weighted by Crippen LogP contribution is -2.43. The smallest absolute Gasteiger partial charge is 0.331 e. The number of esters is 1. The molecule has 32 heavy (non-hydrogen) atoms. The number of nitrogens with zero attached hydrogens (tertiary/aromatic N) is 5. The highest BCUT2D eigenvalue weighted by atomic mass is 19.1. The van der Waals surface area contributed by atoms with E-state index < -0.39 is 40.9 Å². The molecule has 12 heteroatoms. The van der Waals surface area contributed by atoms with Gasteiger partial charge in [0, 0.05) is 29.7 Å². The molecule has 0 radical (unpaired) electrons. The number of aromatic nitrogens is 5. The zero-order chi connectivity index (χ0) is 23.3. The Balaban J connectivity index is 2.24. The van der Waals surface area contributed by atoms with Gasteiger partial charge in [-0.3, -0.25) is 0 Å². The molecule has 166 valence electrons. The van der Waals surface area contributed by atoms with Crippen LogP contribution in [0.1, 0.15) is 24.1 Å². The van der Waals surface area contributed by atoms with Crippen LogP contribution >= 0.6 is 0 Å². The highest BCUT2D eigenvalue weighted by Crippen LogP contribution is 2.43. The van der Waals surface area contributed by atoms with E-state index in [-0.39, 0.29) is 17.8 Å². The summed E-state index contributed by atoms with van der Waals surface area (Å²) >= 11 is 0. The van der Waals surface area contributed by atoms with Crippen LogP contribution in [-0.2, 0) is 26.5 Å². The first-order valence-corrected chi connectivity index (χ1v) is 9.10. The van der Waals surface area contributed by atoms with E-state index in [1.807, 2.05) is 0 Å². The number of hydrogen-bond donors (Lipinski definition) is 1. The third-order valence-corrected chi connectivity index (χ3v) is 4.70. The molecule has 0 spiro atoms. The first-order chi connectivity index (χ1) is 15.2. The average molecular weight is 447 g/mol. The Labute approximate surface area is 179 Å². The molecule has 2 heterocycles. The molecule has 0 amide bonds. The zero-order valence-corrected chi connectivity index (χ0v) is 16.5. The maximum atomic E-state index is 15.0. The van der Waals surface area contributed by atoms with Crippen molar-refractivity contribution in [2.45, 2.75) is 25.0 Å². The van der Waals surface area contributed by atoms with Crippen LogP contribution < -0.4 is 0 Å². The third kappa shape index (κ3) is 4.79. The molecular formula is C20H16F3N5O4. The maximum Gasteiger partial charge on any atom is 0.331 e. The second kappa shape index (κ2) is 9.37. The fourth-order valence-electron chi connectivity index (χ4n) is 3.23. The van der Waals surface area contributed by atoms with Gasteiger partial charge in [0.25, 0.3) is 0 Å². The minimum atomic E-state index is -2.04. The van der Waals surface area contributed by atoms with Crippen LogP contribution in [0, 0.1) is 17.5 Å². The number of hydrogen-bond acceptors (Lipinski definition) is 7. The van der Waals surface area contributed by atoms with Gasteiger partial charge in [-0.25, -0.2) is 42.4 Å². The number of aliphatic carboxylic acids is 1. The molecule has 1 N–H and O–H groups in total. The molecule has 1 aromatic carbocycles. The molecular weight excluding hydrogens is 431 g/mol. The van der Waals surface area contributed by atoms with Crippen molar-refractivity contribution >= 4 is 11.9 Å². The van der Waals surface area contributed by atoms with E-state index in [4.69, 9.17) is 9.84 Å². The van der Waals surface area contributed by atoms with Crippen molar-refractivity contribution in [2.75, 3.05) is 0 Å². The predicted octanol–water partition coefficient (Wildman–Crippen LogP) is 2.37. The molecule has 3 rings (SSSR count). The van der Waals surface area contributed by atoms with Gasteiger partial charge in [0.05, 0.1) is 18.4 Å². The number of benzene rings is 1. The summed E-state index contributed by atoms with van der Waals surface area (Å²) in [4.78, 5) is 34.6. The van der Waals surface area contributed by atoms with Crippen molar-refractivity contribution in [3.63, 3.8) is 0 Å². The van der Waals surface area contributed by atoms with Gasteiger partial charge < -0.3 is 9.84 Å². The highest BCUT2D eigenvalue weighted by molar-refractivity contribution is 5.91. The first-order valence-electron chi connectivity index (χ1n) is 9.10. The summed E-state index contributed by atoms with van der Waals surface area (Å²) in [5.74, 6) is -6.59. The molecule has 0 fully saturated rings. The van der Waals surface area contributed by atoms with E-state index in [2.05, 4.69) is 20.1 Å². The minimum Gasteiger partial charge on any atom is -0.478 e. The molecule has 0 aliphatic rings. The standard InChI is InChI=1S/C20H16F3N5O4/c1-12(19-16(23)7-24-9-26-19)20(8-28-11-25-10-27-28,32-18(31)5-4-17(29)30)14-3-2-13(21)6-15(14)22/h2-7,9-12H,8H2,1H3,(H,29,30)/b5-4+/t12-,20-/m1/s1. The van der Waals surface area contributed by atoms with Gasteiger partial charge in [0.15, 0.2) is 11.4 Å². The molecule has 0 saturated carbocycles. The van der Waals surface area contributed by atoms with Gasteiger partial charge in [-0.2, -0.15) is 5.10 Å². The molecule has 0 aliphatic carbocycles. The van der Waals surface area contributed by atoms with Crippen molar-refractivity contribution in [3.8, 4) is 0 Å². The van der Waals surface area contributed by atoms with E-state index in [0.717, 1.165) is 24.7 Å². The summed E-state index contributed by atoms with van der Waals surface area (Å²) in [7, 11) is 0. The molecule has 2 aromatic heterocycles. The summed E-state index contributed by atoms with van der Waals surface area (Å²) in [5, 5.41) is 12.7. The van der Waals surface area contributed by atoms with E-state index in [1.165, 1.54) is 24.3 Å². The molecule has 0 aliphatic heterocycles. The Kier molecular flexibility index (Phi) is 6.61. The van der Waals surface area contributed by atoms with Crippen LogP contribution in [0.5, 0.6) is 0 Å². The Bertz CT molecular complexity index is 1160. The molecule has 0 saturated heterocycles. The van der Waals surface area contributed by atoms with Crippen LogP contribution in [0.4, 0.5) is 13.2 Å². The van der Waals surface area contributed by atoms with Gasteiger partial charge in [-0.05, 0) is 12.1 Å². The second-order valence-electron chi connectivity index (χ2n) is 6.68. The second-order valence-corrected chi connectivity index (χ2v) is 6.68. The van der Waals surface area contributed by atoms with Crippen LogP contribution in [-0.4, -0.2) is 41.8 Å². The normalized spacial score (nSPS) is 14.1. The summed E-state index contributed by atoms with van der Waals surface area (Å²) < 4.78 is 50.0. The van der Waals surface area contributed by atoms with E-state index in [9.17, 15) is 22.8 Å². The summed E-state index contributed by atoms with van der Waals surface area (Å²) in [6, 6.07) is 2.57. The minimum absolute atomic E-state index is 0.223. The fourth-order valence-corrected chi connectivity index (χ4v) is 3.23. The zero-order valence-electron chi connectivity index (χ0n) is 16.5. The van der Waals surface area contributed by atoms with E-state index >= 15 is 0 Å². The van der Waals surface area contributed by atoms with Gasteiger partial charge in [0.1, 0.15) is 30.6 Å². The number of carboxylic acids is 1. The van der Waals surface area contributed by atoms with Gasteiger partial charge in [-0.15, -0.1) is 0 Å². The fraction of sp³-hybridized carbons (Fsp3) is 0.200. The van der Waals surface area contributed by atoms with Crippen LogP contribution in [0.25, 0.3) is 0 Å². The lowest BCUT2D eigenvalue weighted by atomic mass is 9.79. The Morgan fingerprint density at radius 1 is 1.19 bits per heavy atom. The first kappa shape index (κ1) is 22.6. The summed E-state index contributed by atoms with van der Waals surface area (Å²) in [5.41, 5.74) is -2.57. The largest absolute Gasteiger partial charge is 0.478 e. The predicted molar refractivity (Wildman–Crippen MR) is 101 cm³/mol. The number of halogens is 3. The third-order valence-electron chi connectivity index (χ3n) is 4.70. The van der Waals surface area contributed by atoms with Crippen molar-refractivity contribution in [3.05, 3.63) is 84.2 Å². The molecule has 0 bridgehead atoms. The van der Waals surface area contributed by atoms with Gasteiger partial charge >= 0.3 is 11.9 Å². The highest BCUT2D eigenvalue weighted by Gasteiger charge is 2.47. The number of rotatable bonds is 8. The van der Waals surface area contributed by atoms with Crippen LogP contribution in [0.2, 0.25) is 0 Å². The van der Waals surface area contributed by atoms with E-state index in [1.54, 1.807) is 0 Å². The number of carbonyl (C=O) groups is 2. The maximum absolute atomic E-state index is 15.0. The molecule has 2 atom stereocenters. The van der Waals surface area contributed by atoms with Crippen molar-refractivity contribution < 1.29 is 32.6 Å².